The summed E-state index contributed by atoms with van der Waals surface area (Å²) in [6.07, 6.45) is 0.210. The number of alkyl carbamates (subject to hydrolysis) is 1. The highest BCUT2D eigenvalue weighted by molar-refractivity contribution is 5.95. The molecule has 1 aliphatic rings. The molecule has 0 bridgehead atoms. The fourth-order valence-electron chi connectivity index (χ4n) is 2.54. The summed E-state index contributed by atoms with van der Waals surface area (Å²) in [5, 5.41) is 2.38. The van der Waals surface area contributed by atoms with Gasteiger partial charge in [0, 0.05) is 5.92 Å². The van der Waals surface area contributed by atoms with E-state index in [2.05, 4.69) is 10.1 Å². The molecule has 0 aliphatic heterocycles. The minimum atomic E-state index is -1.28. The van der Waals surface area contributed by atoms with Gasteiger partial charge in [0.2, 0.25) is 0 Å². The van der Waals surface area contributed by atoms with Crippen LogP contribution in [0, 0.1) is 5.92 Å². The number of hydrogen-bond acceptors (Lipinski definition) is 6. The van der Waals surface area contributed by atoms with Crippen LogP contribution in [0.2, 0.25) is 0 Å². The summed E-state index contributed by atoms with van der Waals surface area (Å²) in [6.45, 7) is -0.110. The molecule has 23 heavy (non-hydrogen) atoms. The standard InChI is InChI=1S/C16H20N2O5/c1-22-14(20)16(17)8-7-12(16)13(19)9-18-15(21)23-10-11-5-3-2-4-6-11/h2-6,12H,7-10,17H2,1H3,(H,18,21). The molecule has 0 aromatic heterocycles. The Morgan fingerprint density at radius 2 is 2.00 bits per heavy atom. The van der Waals surface area contributed by atoms with Crippen molar-refractivity contribution >= 4 is 17.8 Å². The normalized spacial score (nSPS) is 22.6. The molecular weight excluding hydrogens is 300 g/mol. The third-order valence-corrected chi connectivity index (χ3v) is 4.04. The number of carbonyl (C=O) groups is 3. The Balaban J connectivity index is 1.76. The molecule has 124 valence electrons. The molecule has 1 saturated carbocycles. The second kappa shape index (κ2) is 7.23. The van der Waals surface area contributed by atoms with Crippen LogP contribution < -0.4 is 11.1 Å². The zero-order chi connectivity index (χ0) is 16.9. The van der Waals surface area contributed by atoms with E-state index in [1.54, 1.807) is 0 Å². The van der Waals surface area contributed by atoms with Crippen LogP contribution in [0.5, 0.6) is 0 Å². The van der Waals surface area contributed by atoms with Gasteiger partial charge in [0.05, 0.1) is 13.7 Å². The molecule has 0 heterocycles. The maximum Gasteiger partial charge on any atom is 0.407 e. The van der Waals surface area contributed by atoms with Gasteiger partial charge in [-0.05, 0) is 18.4 Å². The van der Waals surface area contributed by atoms with Gasteiger partial charge in [0.15, 0.2) is 5.78 Å². The fourth-order valence-corrected chi connectivity index (χ4v) is 2.54. The first-order chi connectivity index (χ1) is 11.0. The molecule has 7 nitrogen and oxygen atoms in total. The number of benzene rings is 1. The summed E-state index contributed by atoms with van der Waals surface area (Å²) >= 11 is 0. The number of hydrogen-bond donors (Lipinski definition) is 2. The molecule has 3 N–H and O–H groups in total. The molecule has 1 aromatic carbocycles. The Labute approximate surface area is 134 Å². The van der Waals surface area contributed by atoms with Gasteiger partial charge in [-0.1, -0.05) is 30.3 Å². The van der Waals surface area contributed by atoms with Crippen LogP contribution in [-0.2, 0) is 25.7 Å². The average molecular weight is 320 g/mol. The number of amides is 1. The first-order valence-corrected chi connectivity index (χ1v) is 7.32. The lowest BCUT2D eigenvalue weighted by Gasteiger charge is -2.42. The van der Waals surface area contributed by atoms with Crippen molar-refractivity contribution in [3.8, 4) is 0 Å². The van der Waals surface area contributed by atoms with E-state index in [0.717, 1.165) is 5.56 Å². The van der Waals surface area contributed by atoms with Gasteiger partial charge in [-0.2, -0.15) is 0 Å². The number of carbonyl (C=O) groups excluding carboxylic acids is 3. The number of ether oxygens (including phenoxy) is 2. The third-order valence-electron chi connectivity index (χ3n) is 4.04. The summed E-state index contributed by atoms with van der Waals surface area (Å²) in [7, 11) is 1.23. The van der Waals surface area contributed by atoms with E-state index in [-0.39, 0.29) is 18.9 Å². The van der Waals surface area contributed by atoms with Gasteiger partial charge in [-0.25, -0.2) is 4.79 Å². The summed E-state index contributed by atoms with van der Waals surface area (Å²) < 4.78 is 9.63. The SMILES string of the molecule is COC(=O)C1(N)CCC1C(=O)CNC(=O)OCc1ccccc1. The second-order valence-corrected chi connectivity index (χ2v) is 5.50. The number of nitrogens with two attached hydrogens (primary N) is 1. The van der Waals surface area contributed by atoms with Crippen molar-refractivity contribution in [1.82, 2.24) is 5.32 Å². The van der Waals surface area contributed by atoms with Gasteiger partial charge >= 0.3 is 12.1 Å². The number of esters is 1. The van der Waals surface area contributed by atoms with Crippen molar-refractivity contribution in [3.05, 3.63) is 35.9 Å². The average Bonchev–Trinajstić information content (AvgIpc) is 2.56. The van der Waals surface area contributed by atoms with E-state index in [1.165, 1.54) is 7.11 Å². The maximum absolute atomic E-state index is 12.1. The Morgan fingerprint density at radius 3 is 2.57 bits per heavy atom. The van der Waals surface area contributed by atoms with E-state index in [4.69, 9.17) is 10.5 Å². The Kier molecular flexibility index (Phi) is 5.33. The highest BCUT2D eigenvalue weighted by Crippen LogP contribution is 2.37. The van der Waals surface area contributed by atoms with Crippen molar-refractivity contribution in [1.29, 1.82) is 0 Å². The van der Waals surface area contributed by atoms with E-state index >= 15 is 0 Å². The largest absolute Gasteiger partial charge is 0.468 e. The fraction of sp³-hybridized carbons (Fsp3) is 0.438. The zero-order valence-electron chi connectivity index (χ0n) is 12.9. The monoisotopic (exact) mass is 320 g/mol. The molecule has 0 spiro atoms. The van der Waals surface area contributed by atoms with Crippen LogP contribution in [0.1, 0.15) is 18.4 Å². The summed E-state index contributed by atoms with van der Waals surface area (Å²) in [5.41, 5.74) is 5.47. The summed E-state index contributed by atoms with van der Waals surface area (Å²) in [4.78, 5) is 35.3. The van der Waals surface area contributed by atoms with E-state index in [1.807, 2.05) is 30.3 Å². The Hall–Kier alpha value is -2.41. The Bertz CT molecular complexity index is 589. The molecule has 1 aromatic rings. The predicted octanol–water partition coefficient (Wildman–Crippen LogP) is 0.762. The van der Waals surface area contributed by atoms with Crippen LogP contribution >= 0.6 is 0 Å². The highest BCUT2D eigenvalue weighted by atomic mass is 16.5. The molecule has 1 aliphatic carbocycles. The number of ketones is 1. The minimum Gasteiger partial charge on any atom is -0.468 e. The lowest BCUT2D eigenvalue weighted by Crippen LogP contribution is -2.64. The molecule has 1 fully saturated rings. The molecule has 2 atom stereocenters. The van der Waals surface area contributed by atoms with Gasteiger partial charge in [-0.15, -0.1) is 0 Å². The minimum absolute atomic E-state index is 0.118. The molecular formula is C16H20N2O5. The highest BCUT2D eigenvalue weighted by Gasteiger charge is 2.53. The lowest BCUT2D eigenvalue weighted by molar-refractivity contribution is -0.157. The quantitative estimate of drug-likeness (QED) is 0.749. The molecule has 2 unspecified atom stereocenters. The van der Waals surface area contributed by atoms with Crippen LogP contribution in [0.25, 0.3) is 0 Å². The number of nitrogens with one attached hydrogen (secondary N) is 1. The van der Waals surface area contributed by atoms with Crippen molar-refractivity contribution in [2.45, 2.75) is 25.0 Å². The van der Waals surface area contributed by atoms with E-state index in [9.17, 15) is 14.4 Å². The smallest absolute Gasteiger partial charge is 0.407 e. The number of Topliss-reactive ketones (excluding diaryl/α,β-unsaturated/α-hetero) is 1. The first kappa shape index (κ1) is 17.0. The number of methoxy groups -OCH3 is 1. The number of rotatable bonds is 6. The van der Waals surface area contributed by atoms with E-state index < -0.39 is 23.5 Å². The van der Waals surface area contributed by atoms with E-state index in [0.29, 0.717) is 12.8 Å². The molecule has 2 rings (SSSR count). The van der Waals surface area contributed by atoms with Crippen molar-refractivity contribution in [2.75, 3.05) is 13.7 Å². The van der Waals surface area contributed by atoms with Crippen molar-refractivity contribution in [2.24, 2.45) is 11.7 Å². The van der Waals surface area contributed by atoms with Gasteiger partial charge in [-0.3, -0.25) is 9.59 Å². The molecule has 7 heteroatoms. The first-order valence-electron chi connectivity index (χ1n) is 7.32. The predicted molar refractivity (Wildman–Crippen MR) is 81.3 cm³/mol. The van der Waals surface area contributed by atoms with Gasteiger partial charge in [0.25, 0.3) is 0 Å². The van der Waals surface area contributed by atoms with Gasteiger partial charge in [0.1, 0.15) is 12.1 Å². The Morgan fingerprint density at radius 1 is 1.30 bits per heavy atom. The lowest BCUT2D eigenvalue weighted by atomic mass is 9.65. The van der Waals surface area contributed by atoms with Crippen LogP contribution in [-0.4, -0.2) is 37.0 Å². The van der Waals surface area contributed by atoms with Crippen molar-refractivity contribution in [3.63, 3.8) is 0 Å². The topological polar surface area (TPSA) is 108 Å². The second-order valence-electron chi connectivity index (χ2n) is 5.50. The maximum atomic E-state index is 12.1. The van der Waals surface area contributed by atoms with Crippen LogP contribution in [0.15, 0.2) is 30.3 Å². The summed E-state index contributed by atoms with van der Waals surface area (Å²) in [5.74, 6) is -1.54. The molecule has 0 saturated heterocycles. The van der Waals surface area contributed by atoms with Crippen LogP contribution in [0.4, 0.5) is 4.79 Å². The van der Waals surface area contributed by atoms with Crippen molar-refractivity contribution < 1.29 is 23.9 Å². The van der Waals surface area contributed by atoms with Gasteiger partial charge < -0.3 is 20.5 Å². The van der Waals surface area contributed by atoms with Crippen LogP contribution in [0.3, 0.4) is 0 Å². The third kappa shape index (κ3) is 3.87. The molecule has 0 radical (unpaired) electrons. The zero-order valence-corrected chi connectivity index (χ0v) is 12.9. The summed E-state index contributed by atoms with van der Waals surface area (Å²) in [6, 6.07) is 9.19. The molecule has 1 amide bonds.